The molecule has 0 aliphatic carbocycles. The molecule has 0 aromatic rings. The zero-order chi connectivity index (χ0) is 13.8. The van der Waals surface area contributed by atoms with Crippen molar-refractivity contribution in [3.63, 3.8) is 0 Å². The topological polar surface area (TPSA) is 53.9 Å². The van der Waals surface area contributed by atoms with E-state index in [0.717, 1.165) is 0 Å². The first kappa shape index (κ1) is 15.5. The molecule has 1 fully saturated rings. The van der Waals surface area contributed by atoms with Gasteiger partial charge in [-0.25, -0.2) is 4.79 Å². The zero-order valence-electron chi connectivity index (χ0n) is 10.9. The maximum absolute atomic E-state index is 11.7. The average Bonchev–Trinajstić information content (AvgIpc) is 2.24. The molecule has 0 atom stereocenters. The Morgan fingerprint density at radius 2 is 1.89 bits per heavy atom. The second-order valence-electron chi connectivity index (χ2n) is 5.05. The minimum atomic E-state index is -0.825. The highest BCUT2D eigenvalue weighted by atomic mass is 35.5. The molecular formula is C11H19Cl2N3O2. The normalized spacial score (nSPS) is 18.1. The standard InChI is InChI=1S/C11H19Cl2N3O2/c1-11(2,3)15-10(17)14-9(8(12)13)16-4-6-18-7-5-16/h8H,4-7H2,1-3H3,(H,15,17). The van der Waals surface area contributed by atoms with Crippen LogP contribution in [0, 0.1) is 0 Å². The fourth-order valence-corrected chi connectivity index (χ4v) is 1.88. The van der Waals surface area contributed by atoms with Crippen molar-refractivity contribution in [2.24, 2.45) is 4.99 Å². The Morgan fingerprint density at radius 1 is 1.33 bits per heavy atom. The maximum atomic E-state index is 11.7. The highest BCUT2D eigenvalue weighted by Gasteiger charge is 2.22. The van der Waals surface area contributed by atoms with Crippen LogP contribution >= 0.6 is 23.2 Å². The number of nitrogens with zero attached hydrogens (tertiary/aromatic N) is 2. The van der Waals surface area contributed by atoms with E-state index in [4.69, 9.17) is 27.9 Å². The van der Waals surface area contributed by atoms with Gasteiger partial charge in [0, 0.05) is 18.6 Å². The van der Waals surface area contributed by atoms with Crippen molar-refractivity contribution in [2.45, 2.75) is 31.1 Å². The van der Waals surface area contributed by atoms with Crippen LogP contribution in [0.1, 0.15) is 20.8 Å². The molecular weight excluding hydrogens is 277 g/mol. The number of urea groups is 1. The van der Waals surface area contributed by atoms with Crippen LogP contribution in [-0.4, -0.2) is 53.4 Å². The molecule has 0 radical (unpaired) electrons. The van der Waals surface area contributed by atoms with Crippen LogP contribution in [0.4, 0.5) is 4.79 Å². The van der Waals surface area contributed by atoms with Crippen molar-refractivity contribution in [3.8, 4) is 0 Å². The van der Waals surface area contributed by atoms with Gasteiger partial charge in [-0.3, -0.25) is 0 Å². The summed E-state index contributed by atoms with van der Waals surface area (Å²) in [5, 5.41) is 2.74. The van der Waals surface area contributed by atoms with E-state index in [9.17, 15) is 4.79 Å². The number of ether oxygens (including phenoxy) is 1. The predicted molar refractivity (Wildman–Crippen MR) is 73.6 cm³/mol. The molecule has 1 aliphatic rings. The smallest absolute Gasteiger partial charge is 0.343 e. The molecule has 18 heavy (non-hydrogen) atoms. The lowest BCUT2D eigenvalue weighted by Crippen LogP contribution is -2.45. The van der Waals surface area contributed by atoms with E-state index in [2.05, 4.69) is 10.3 Å². The molecule has 1 heterocycles. The summed E-state index contributed by atoms with van der Waals surface area (Å²) in [6.45, 7) is 8.09. The predicted octanol–water partition coefficient (Wildman–Crippen LogP) is 2.03. The number of hydrogen-bond donors (Lipinski definition) is 1. The van der Waals surface area contributed by atoms with Crippen LogP contribution in [0.3, 0.4) is 0 Å². The van der Waals surface area contributed by atoms with Gasteiger partial charge in [0.1, 0.15) is 5.84 Å². The van der Waals surface area contributed by atoms with Gasteiger partial charge in [0.15, 0.2) is 4.84 Å². The summed E-state index contributed by atoms with van der Waals surface area (Å²) < 4.78 is 5.23. The number of hydrogen-bond acceptors (Lipinski definition) is 2. The SMILES string of the molecule is CC(C)(C)NC(=O)N=C(C(Cl)Cl)N1CCOCC1. The molecule has 5 nitrogen and oxygen atoms in total. The second kappa shape index (κ2) is 6.59. The van der Waals surface area contributed by atoms with Crippen molar-refractivity contribution < 1.29 is 9.53 Å². The van der Waals surface area contributed by atoms with Crippen molar-refractivity contribution in [1.82, 2.24) is 10.2 Å². The maximum Gasteiger partial charge on any atom is 0.343 e. The van der Waals surface area contributed by atoms with Crippen LogP contribution in [0.5, 0.6) is 0 Å². The minimum absolute atomic E-state index is 0.342. The molecule has 104 valence electrons. The lowest BCUT2D eigenvalue weighted by atomic mass is 10.1. The number of morpholine rings is 1. The molecule has 0 spiro atoms. The number of amides is 2. The lowest BCUT2D eigenvalue weighted by molar-refractivity contribution is 0.0676. The van der Waals surface area contributed by atoms with E-state index in [1.165, 1.54) is 0 Å². The number of halogens is 2. The van der Waals surface area contributed by atoms with Crippen molar-refractivity contribution >= 4 is 35.1 Å². The first-order valence-corrected chi connectivity index (χ1v) is 6.68. The molecule has 1 N–H and O–H groups in total. The van der Waals surface area contributed by atoms with Gasteiger partial charge >= 0.3 is 6.03 Å². The number of alkyl halides is 2. The molecule has 0 aromatic heterocycles. The van der Waals surface area contributed by atoms with Crippen molar-refractivity contribution in [1.29, 1.82) is 0 Å². The number of carbonyl (C=O) groups is 1. The highest BCUT2D eigenvalue weighted by molar-refractivity contribution is 6.54. The van der Waals surface area contributed by atoms with Gasteiger partial charge in [-0.2, -0.15) is 4.99 Å². The lowest BCUT2D eigenvalue weighted by Gasteiger charge is -2.30. The summed E-state index contributed by atoms with van der Waals surface area (Å²) in [5.41, 5.74) is -0.342. The molecule has 0 saturated carbocycles. The summed E-state index contributed by atoms with van der Waals surface area (Å²) in [4.78, 5) is 16.7. The molecule has 1 aliphatic heterocycles. The van der Waals surface area contributed by atoms with Crippen LogP contribution < -0.4 is 5.32 Å². The summed E-state index contributed by atoms with van der Waals surface area (Å²) in [6, 6.07) is -0.435. The van der Waals surface area contributed by atoms with Gasteiger partial charge in [-0.05, 0) is 20.8 Å². The Hall–Kier alpha value is -0.520. The fourth-order valence-electron chi connectivity index (χ4n) is 1.50. The van der Waals surface area contributed by atoms with Crippen LogP contribution in [0.25, 0.3) is 0 Å². The minimum Gasteiger partial charge on any atom is -0.378 e. The largest absolute Gasteiger partial charge is 0.378 e. The molecule has 0 bridgehead atoms. The van der Waals surface area contributed by atoms with Crippen LogP contribution in [0.15, 0.2) is 4.99 Å². The summed E-state index contributed by atoms with van der Waals surface area (Å²) in [5.74, 6) is 0.378. The van der Waals surface area contributed by atoms with E-state index >= 15 is 0 Å². The Morgan fingerprint density at radius 3 is 2.33 bits per heavy atom. The summed E-state index contributed by atoms with van der Waals surface area (Å²) in [7, 11) is 0. The first-order valence-electron chi connectivity index (χ1n) is 5.81. The summed E-state index contributed by atoms with van der Waals surface area (Å²) in [6.07, 6.45) is 0. The first-order chi connectivity index (χ1) is 8.29. The highest BCUT2D eigenvalue weighted by Crippen LogP contribution is 2.12. The Balaban J connectivity index is 2.74. The van der Waals surface area contributed by atoms with Gasteiger partial charge in [0.2, 0.25) is 0 Å². The van der Waals surface area contributed by atoms with Gasteiger partial charge in [-0.1, -0.05) is 23.2 Å². The monoisotopic (exact) mass is 295 g/mol. The molecule has 1 rings (SSSR count). The van der Waals surface area contributed by atoms with Gasteiger partial charge in [-0.15, -0.1) is 0 Å². The summed E-state index contributed by atoms with van der Waals surface area (Å²) >= 11 is 11.7. The van der Waals surface area contributed by atoms with Crippen molar-refractivity contribution in [3.05, 3.63) is 0 Å². The molecule has 0 aromatic carbocycles. The third-order valence-electron chi connectivity index (χ3n) is 2.23. The van der Waals surface area contributed by atoms with Crippen molar-refractivity contribution in [2.75, 3.05) is 26.3 Å². The molecule has 2 amide bonds. The van der Waals surface area contributed by atoms with E-state index in [0.29, 0.717) is 32.1 Å². The number of rotatable bonds is 1. The van der Waals surface area contributed by atoms with E-state index < -0.39 is 10.9 Å². The van der Waals surface area contributed by atoms with Gasteiger partial charge in [0.05, 0.1) is 13.2 Å². The Kier molecular flexibility index (Phi) is 5.69. The number of aliphatic imine (C=N–C) groups is 1. The van der Waals surface area contributed by atoms with E-state index in [1.807, 2.05) is 25.7 Å². The second-order valence-corrected chi connectivity index (χ2v) is 6.15. The molecule has 0 unspecified atom stereocenters. The van der Waals surface area contributed by atoms with Crippen LogP contribution in [-0.2, 0) is 4.74 Å². The number of amidine groups is 1. The fraction of sp³-hybridized carbons (Fsp3) is 0.818. The number of carbonyl (C=O) groups excluding carboxylic acids is 1. The van der Waals surface area contributed by atoms with E-state index in [1.54, 1.807) is 0 Å². The molecule has 1 saturated heterocycles. The van der Waals surface area contributed by atoms with Crippen LogP contribution in [0.2, 0.25) is 0 Å². The molecule has 7 heteroatoms. The third-order valence-corrected chi connectivity index (χ3v) is 2.62. The van der Waals surface area contributed by atoms with E-state index in [-0.39, 0.29) is 5.54 Å². The van der Waals surface area contributed by atoms with Gasteiger partial charge in [0.25, 0.3) is 0 Å². The quantitative estimate of drug-likeness (QED) is 0.457. The Labute approximate surface area is 117 Å². The third kappa shape index (κ3) is 5.42. The Bertz CT molecular complexity index is 321. The van der Waals surface area contributed by atoms with Gasteiger partial charge < -0.3 is 15.0 Å². The zero-order valence-corrected chi connectivity index (χ0v) is 12.4. The number of nitrogens with one attached hydrogen (secondary N) is 1. The average molecular weight is 296 g/mol.